The SMILES string of the molecule is CN=C(NCC(C)(C)c1cccc(OC)c1)NC1CCN(CCCOC)CC1. The Hall–Kier alpha value is -1.79. The molecule has 0 spiro atoms. The number of likely N-dealkylation sites (tertiary alicyclic amines) is 1. The van der Waals surface area contributed by atoms with Crippen LogP contribution in [0.15, 0.2) is 29.3 Å². The van der Waals surface area contributed by atoms with Crippen LogP contribution in [0.2, 0.25) is 0 Å². The summed E-state index contributed by atoms with van der Waals surface area (Å²) in [7, 11) is 5.32. The second kappa shape index (κ2) is 11.3. The highest BCUT2D eigenvalue weighted by molar-refractivity contribution is 5.80. The van der Waals surface area contributed by atoms with Crippen LogP contribution in [-0.4, -0.2) is 71.0 Å². The molecule has 1 heterocycles. The Bertz CT molecular complexity index is 610. The van der Waals surface area contributed by atoms with Gasteiger partial charge in [-0.25, -0.2) is 0 Å². The van der Waals surface area contributed by atoms with Crippen LogP contribution in [0, 0.1) is 0 Å². The van der Waals surface area contributed by atoms with Gasteiger partial charge in [0.25, 0.3) is 0 Å². The summed E-state index contributed by atoms with van der Waals surface area (Å²) in [5.74, 6) is 1.78. The minimum Gasteiger partial charge on any atom is -0.497 e. The van der Waals surface area contributed by atoms with Gasteiger partial charge in [-0.1, -0.05) is 26.0 Å². The maximum absolute atomic E-state index is 5.37. The first kappa shape index (κ1) is 22.5. The van der Waals surface area contributed by atoms with Crippen molar-refractivity contribution in [1.82, 2.24) is 15.5 Å². The summed E-state index contributed by atoms with van der Waals surface area (Å²) in [4.78, 5) is 6.96. The first-order valence-electron chi connectivity index (χ1n) is 10.3. The highest BCUT2D eigenvalue weighted by atomic mass is 16.5. The molecule has 1 aromatic carbocycles. The molecule has 28 heavy (non-hydrogen) atoms. The predicted molar refractivity (Wildman–Crippen MR) is 116 cm³/mol. The molecule has 1 fully saturated rings. The van der Waals surface area contributed by atoms with Crippen LogP contribution in [0.4, 0.5) is 0 Å². The maximum atomic E-state index is 5.37. The molecule has 6 heteroatoms. The van der Waals surface area contributed by atoms with Crippen LogP contribution in [0.5, 0.6) is 5.75 Å². The Morgan fingerprint density at radius 3 is 2.64 bits per heavy atom. The van der Waals surface area contributed by atoms with Gasteiger partial charge in [0.1, 0.15) is 5.75 Å². The van der Waals surface area contributed by atoms with E-state index in [1.165, 1.54) is 5.56 Å². The molecule has 0 aromatic heterocycles. The molecule has 6 nitrogen and oxygen atoms in total. The van der Waals surface area contributed by atoms with Crippen LogP contribution < -0.4 is 15.4 Å². The van der Waals surface area contributed by atoms with Gasteiger partial charge >= 0.3 is 0 Å². The van der Waals surface area contributed by atoms with Crippen molar-refractivity contribution in [2.24, 2.45) is 4.99 Å². The Balaban J connectivity index is 1.80. The number of ether oxygens (including phenoxy) is 2. The van der Waals surface area contributed by atoms with Crippen LogP contribution in [0.3, 0.4) is 0 Å². The molecule has 158 valence electrons. The molecule has 0 aliphatic carbocycles. The Labute approximate surface area is 170 Å². The van der Waals surface area contributed by atoms with Gasteiger partial charge in [0.05, 0.1) is 7.11 Å². The van der Waals surface area contributed by atoms with Gasteiger partial charge < -0.3 is 25.0 Å². The van der Waals surface area contributed by atoms with Crippen molar-refractivity contribution in [2.75, 3.05) is 54.1 Å². The molecule has 0 bridgehead atoms. The number of hydrogen-bond donors (Lipinski definition) is 2. The topological polar surface area (TPSA) is 58.1 Å². The van der Waals surface area contributed by atoms with Crippen molar-refractivity contribution < 1.29 is 9.47 Å². The molecule has 2 N–H and O–H groups in total. The van der Waals surface area contributed by atoms with Crippen LogP contribution >= 0.6 is 0 Å². The molecule has 1 aliphatic rings. The minimum atomic E-state index is -0.0309. The van der Waals surface area contributed by atoms with Crippen molar-refractivity contribution in [2.45, 2.75) is 44.6 Å². The van der Waals surface area contributed by atoms with Crippen molar-refractivity contribution >= 4 is 5.96 Å². The predicted octanol–water partition coefficient (Wildman–Crippen LogP) is 2.64. The molecule has 0 radical (unpaired) electrons. The monoisotopic (exact) mass is 390 g/mol. The molecule has 0 saturated carbocycles. The van der Waals surface area contributed by atoms with Crippen LogP contribution in [-0.2, 0) is 10.2 Å². The Morgan fingerprint density at radius 2 is 2.00 bits per heavy atom. The summed E-state index contributed by atoms with van der Waals surface area (Å²) >= 11 is 0. The molecular formula is C22H38N4O2. The van der Waals surface area contributed by atoms with E-state index in [0.717, 1.165) is 63.8 Å². The summed E-state index contributed by atoms with van der Waals surface area (Å²) in [5.41, 5.74) is 1.22. The molecule has 0 unspecified atom stereocenters. The van der Waals surface area contributed by atoms with Gasteiger partial charge in [0, 0.05) is 58.4 Å². The van der Waals surface area contributed by atoms with Gasteiger partial charge in [-0.3, -0.25) is 4.99 Å². The zero-order valence-electron chi connectivity index (χ0n) is 18.3. The van der Waals surface area contributed by atoms with Gasteiger partial charge in [0.15, 0.2) is 5.96 Å². The van der Waals surface area contributed by atoms with E-state index in [0.29, 0.717) is 6.04 Å². The fraction of sp³-hybridized carbons (Fsp3) is 0.682. The summed E-state index contributed by atoms with van der Waals surface area (Å²) < 4.78 is 10.5. The Kier molecular flexibility index (Phi) is 9.06. The molecule has 0 amide bonds. The third kappa shape index (κ3) is 6.99. The van der Waals surface area contributed by atoms with Gasteiger partial charge in [-0.15, -0.1) is 0 Å². The normalized spacial score (nSPS) is 16.8. The standard InChI is InChI=1S/C22H38N4O2/c1-22(2,18-8-6-9-20(16-18)28-5)17-24-21(23-3)25-19-10-13-26(14-11-19)12-7-15-27-4/h6,8-9,16,19H,7,10-15,17H2,1-5H3,(H2,23,24,25). The maximum Gasteiger partial charge on any atom is 0.191 e. The summed E-state index contributed by atoms with van der Waals surface area (Å²) in [5, 5.41) is 7.12. The first-order valence-corrected chi connectivity index (χ1v) is 10.3. The molecule has 2 rings (SSSR count). The van der Waals surface area contributed by atoms with E-state index in [-0.39, 0.29) is 5.41 Å². The first-order chi connectivity index (χ1) is 13.5. The highest BCUT2D eigenvalue weighted by Gasteiger charge is 2.23. The average molecular weight is 391 g/mol. The van der Waals surface area contributed by atoms with E-state index in [1.54, 1.807) is 14.2 Å². The third-order valence-electron chi connectivity index (χ3n) is 5.52. The number of guanidine groups is 1. The second-order valence-corrected chi connectivity index (χ2v) is 8.15. The summed E-state index contributed by atoms with van der Waals surface area (Å²) in [6.07, 6.45) is 3.40. The van der Waals surface area contributed by atoms with E-state index in [2.05, 4.69) is 46.5 Å². The number of hydrogen-bond acceptors (Lipinski definition) is 4. The van der Waals surface area contributed by atoms with E-state index in [4.69, 9.17) is 9.47 Å². The highest BCUT2D eigenvalue weighted by Crippen LogP contribution is 2.25. The largest absolute Gasteiger partial charge is 0.497 e. The number of rotatable bonds is 9. The smallest absolute Gasteiger partial charge is 0.191 e. The fourth-order valence-corrected chi connectivity index (χ4v) is 3.57. The van der Waals surface area contributed by atoms with Crippen LogP contribution in [0.1, 0.15) is 38.7 Å². The second-order valence-electron chi connectivity index (χ2n) is 8.15. The molecular weight excluding hydrogens is 352 g/mol. The number of nitrogens with zero attached hydrogens (tertiary/aromatic N) is 2. The van der Waals surface area contributed by atoms with Crippen molar-refractivity contribution in [3.8, 4) is 5.75 Å². The minimum absolute atomic E-state index is 0.0309. The van der Waals surface area contributed by atoms with Crippen molar-refractivity contribution in [3.05, 3.63) is 29.8 Å². The summed E-state index contributed by atoms with van der Waals surface area (Å²) in [6.45, 7) is 9.51. The Morgan fingerprint density at radius 1 is 1.25 bits per heavy atom. The lowest BCUT2D eigenvalue weighted by Gasteiger charge is -2.33. The summed E-state index contributed by atoms with van der Waals surface area (Å²) in [6, 6.07) is 8.76. The fourth-order valence-electron chi connectivity index (χ4n) is 3.57. The quantitative estimate of drug-likeness (QED) is 0.386. The number of piperidine rings is 1. The lowest BCUT2D eigenvalue weighted by molar-refractivity contribution is 0.155. The number of benzene rings is 1. The molecule has 1 aromatic rings. The number of nitrogens with one attached hydrogen (secondary N) is 2. The molecule has 0 atom stereocenters. The van der Waals surface area contributed by atoms with E-state index in [1.807, 2.05) is 19.2 Å². The van der Waals surface area contributed by atoms with E-state index >= 15 is 0 Å². The van der Waals surface area contributed by atoms with E-state index < -0.39 is 0 Å². The lowest BCUT2D eigenvalue weighted by Crippen LogP contribution is -2.50. The van der Waals surface area contributed by atoms with E-state index in [9.17, 15) is 0 Å². The van der Waals surface area contributed by atoms with Gasteiger partial charge in [0.2, 0.25) is 0 Å². The third-order valence-corrected chi connectivity index (χ3v) is 5.52. The number of aliphatic imine (C=N–C) groups is 1. The van der Waals surface area contributed by atoms with Crippen molar-refractivity contribution in [1.29, 1.82) is 0 Å². The average Bonchev–Trinajstić information content (AvgIpc) is 2.72. The van der Waals surface area contributed by atoms with Crippen LogP contribution in [0.25, 0.3) is 0 Å². The zero-order chi connectivity index (χ0) is 20.4. The number of methoxy groups -OCH3 is 2. The van der Waals surface area contributed by atoms with Gasteiger partial charge in [-0.2, -0.15) is 0 Å². The lowest BCUT2D eigenvalue weighted by atomic mass is 9.84. The zero-order valence-corrected chi connectivity index (χ0v) is 18.3. The van der Waals surface area contributed by atoms with Gasteiger partial charge in [-0.05, 0) is 37.0 Å². The molecule has 1 aliphatic heterocycles. The van der Waals surface area contributed by atoms with Crippen molar-refractivity contribution in [3.63, 3.8) is 0 Å². The molecule has 1 saturated heterocycles.